The van der Waals surface area contributed by atoms with E-state index in [-0.39, 0.29) is 11.8 Å². The van der Waals surface area contributed by atoms with E-state index >= 15 is 0 Å². The number of carbonyl (C=O) groups excluding carboxylic acids is 2. The topological polar surface area (TPSA) is 74.3 Å². The van der Waals surface area contributed by atoms with Crippen LogP contribution in [0.4, 0.5) is 17.2 Å². The van der Waals surface area contributed by atoms with Gasteiger partial charge in [-0.3, -0.25) is 9.59 Å². The molecule has 0 aliphatic carbocycles. The van der Waals surface area contributed by atoms with Gasteiger partial charge in [-0.1, -0.05) is 29.8 Å². The number of halogens is 1. The molecule has 2 amide bonds. The number of hydrogen-bond donors (Lipinski definition) is 2. The normalized spacial score (nSPS) is 13.5. The van der Waals surface area contributed by atoms with Gasteiger partial charge in [0.15, 0.2) is 0 Å². The highest BCUT2D eigenvalue weighted by Crippen LogP contribution is 2.29. The Labute approximate surface area is 173 Å². The summed E-state index contributed by atoms with van der Waals surface area (Å²) in [6.07, 6.45) is 2.18. The molecule has 2 N–H and O–H groups in total. The van der Waals surface area contributed by atoms with Crippen LogP contribution in [0.5, 0.6) is 0 Å². The zero-order valence-electron chi connectivity index (χ0n) is 16.0. The van der Waals surface area contributed by atoms with Crippen molar-refractivity contribution in [1.82, 2.24) is 4.98 Å². The summed E-state index contributed by atoms with van der Waals surface area (Å²) in [6.45, 7) is 3.18. The van der Waals surface area contributed by atoms with Crippen molar-refractivity contribution >= 4 is 51.5 Å². The molecule has 2 heterocycles. The zero-order chi connectivity index (χ0) is 20.4. The summed E-state index contributed by atoms with van der Waals surface area (Å²) in [6, 6.07) is 14.7. The van der Waals surface area contributed by atoms with Crippen molar-refractivity contribution in [3.8, 4) is 0 Å². The average Bonchev–Trinajstić information content (AvgIpc) is 3.24. The second-order valence-corrected chi connectivity index (χ2v) is 7.48. The van der Waals surface area contributed by atoms with Gasteiger partial charge in [-0.05, 0) is 43.2 Å². The molecule has 0 bridgehead atoms. The summed E-state index contributed by atoms with van der Waals surface area (Å²) in [4.78, 5) is 31.5. The van der Waals surface area contributed by atoms with Crippen molar-refractivity contribution in [3.05, 3.63) is 59.1 Å². The predicted molar refractivity (Wildman–Crippen MR) is 117 cm³/mol. The van der Waals surface area contributed by atoms with Crippen LogP contribution in [0.3, 0.4) is 0 Å². The zero-order valence-corrected chi connectivity index (χ0v) is 16.8. The number of anilines is 3. The smallest absolute Gasteiger partial charge is 0.259 e. The van der Waals surface area contributed by atoms with Gasteiger partial charge >= 0.3 is 0 Å². The van der Waals surface area contributed by atoms with Gasteiger partial charge < -0.3 is 15.5 Å². The molecule has 6 nitrogen and oxygen atoms in total. The number of benzene rings is 2. The third kappa shape index (κ3) is 4.17. The Morgan fingerprint density at radius 3 is 2.55 bits per heavy atom. The van der Waals surface area contributed by atoms with Crippen LogP contribution < -0.4 is 15.5 Å². The lowest BCUT2D eigenvalue weighted by molar-refractivity contribution is -0.114. The van der Waals surface area contributed by atoms with Crippen LogP contribution in [0, 0.1) is 0 Å². The van der Waals surface area contributed by atoms with Crippen molar-refractivity contribution in [1.29, 1.82) is 0 Å². The van der Waals surface area contributed by atoms with Crippen molar-refractivity contribution in [2.45, 2.75) is 19.8 Å². The summed E-state index contributed by atoms with van der Waals surface area (Å²) < 4.78 is 0. The van der Waals surface area contributed by atoms with Crippen LogP contribution >= 0.6 is 11.6 Å². The Balaban J connectivity index is 1.69. The first-order chi connectivity index (χ1) is 14.0. The van der Waals surface area contributed by atoms with Crippen LogP contribution in [0.2, 0.25) is 5.02 Å². The van der Waals surface area contributed by atoms with E-state index in [4.69, 9.17) is 16.6 Å². The van der Waals surface area contributed by atoms with Crippen molar-refractivity contribution < 1.29 is 9.59 Å². The molecule has 4 rings (SSSR count). The van der Waals surface area contributed by atoms with Crippen molar-refractivity contribution in [2.75, 3.05) is 28.6 Å². The first-order valence-corrected chi connectivity index (χ1v) is 9.92. The van der Waals surface area contributed by atoms with Crippen LogP contribution in [0.1, 0.15) is 30.1 Å². The molecule has 1 aromatic heterocycles. The number of fused-ring (bicyclic) bond motifs is 1. The Morgan fingerprint density at radius 1 is 1.03 bits per heavy atom. The van der Waals surface area contributed by atoms with E-state index in [0.717, 1.165) is 36.8 Å². The van der Waals surface area contributed by atoms with Gasteiger partial charge in [-0.25, -0.2) is 4.98 Å². The maximum atomic E-state index is 13.2. The number of nitrogens with zero attached hydrogens (tertiary/aromatic N) is 2. The van der Waals surface area contributed by atoms with Gasteiger partial charge in [0.25, 0.3) is 5.91 Å². The molecule has 3 aromatic rings. The number of nitrogens with one attached hydrogen (secondary N) is 2. The summed E-state index contributed by atoms with van der Waals surface area (Å²) in [5, 5.41) is 6.89. The molecule has 29 heavy (non-hydrogen) atoms. The fraction of sp³-hybridized carbons (Fsp3) is 0.227. The number of pyridine rings is 1. The first-order valence-electron chi connectivity index (χ1n) is 9.54. The number of rotatable bonds is 4. The largest absolute Gasteiger partial charge is 0.356 e. The van der Waals surface area contributed by atoms with Gasteiger partial charge in [0, 0.05) is 31.1 Å². The lowest BCUT2D eigenvalue weighted by atomic mass is 10.1. The van der Waals surface area contributed by atoms with Gasteiger partial charge in [-0.2, -0.15) is 0 Å². The van der Waals surface area contributed by atoms with E-state index < -0.39 is 0 Å². The minimum Gasteiger partial charge on any atom is -0.356 e. The number of hydrogen-bond acceptors (Lipinski definition) is 4. The number of aromatic nitrogens is 1. The van der Waals surface area contributed by atoms with E-state index in [1.54, 1.807) is 18.2 Å². The molecule has 1 fully saturated rings. The minimum atomic E-state index is -0.249. The molecular formula is C22H21ClN4O2. The van der Waals surface area contributed by atoms with E-state index in [2.05, 4.69) is 15.5 Å². The Morgan fingerprint density at radius 2 is 1.79 bits per heavy atom. The number of para-hydroxylation sites is 1. The molecule has 0 spiro atoms. The van der Waals surface area contributed by atoms with Gasteiger partial charge in [0.1, 0.15) is 5.82 Å². The van der Waals surface area contributed by atoms with E-state index in [1.807, 2.05) is 30.3 Å². The van der Waals surface area contributed by atoms with Crippen LogP contribution in [0.25, 0.3) is 10.9 Å². The number of amides is 2. The third-order valence-electron chi connectivity index (χ3n) is 4.89. The Bertz CT molecular complexity index is 1090. The Hall–Kier alpha value is -3.12. The summed E-state index contributed by atoms with van der Waals surface area (Å²) in [5.74, 6) is 0.224. The predicted octanol–water partition coefficient (Wildman–Crippen LogP) is 4.70. The van der Waals surface area contributed by atoms with Gasteiger partial charge in [-0.15, -0.1) is 0 Å². The molecule has 7 heteroatoms. The second kappa shape index (κ2) is 8.09. The molecule has 0 unspecified atom stereocenters. The molecule has 2 aromatic carbocycles. The van der Waals surface area contributed by atoms with Crippen molar-refractivity contribution in [2.24, 2.45) is 0 Å². The van der Waals surface area contributed by atoms with Gasteiger partial charge in [0.05, 0.1) is 21.8 Å². The molecule has 0 saturated carbocycles. The minimum absolute atomic E-state index is 0.231. The fourth-order valence-corrected chi connectivity index (χ4v) is 3.69. The van der Waals surface area contributed by atoms with E-state index in [0.29, 0.717) is 27.8 Å². The van der Waals surface area contributed by atoms with Gasteiger partial charge in [0.2, 0.25) is 5.91 Å². The molecule has 0 radical (unpaired) electrons. The van der Waals surface area contributed by atoms with Crippen LogP contribution in [-0.4, -0.2) is 29.9 Å². The summed E-state index contributed by atoms with van der Waals surface area (Å²) in [5.41, 5.74) is 2.39. The fourth-order valence-electron chi connectivity index (χ4n) is 3.53. The SMILES string of the molecule is CC(=O)Nc1cc(NC(=O)c2cc3ccccc3nc2N2CCCC2)ccc1Cl. The molecule has 1 aliphatic rings. The summed E-state index contributed by atoms with van der Waals surface area (Å²) >= 11 is 6.13. The highest BCUT2D eigenvalue weighted by Gasteiger charge is 2.22. The van der Waals surface area contributed by atoms with Crippen LogP contribution in [0.15, 0.2) is 48.5 Å². The highest BCUT2D eigenvalue weighted by atomic mass is 35.5. The molecule has 1 saturated heterocycles. The lowest BCUT2D eigenvalue weighted by Crippen LogP contribution is -2.24. The monoisotopic (exact) mass is 408 g/mol. The molecule has 1 aliphatic heterocycles. The maximum absolute atomic E-state index is 13.2. The van der Waals surface area contributed by atoms with Crippen LogP contribution in [-0.2, 0) is 4.79 Å². The highest BCUT2D eigenvalue weighted by molar-refractivity contribution is 6.33. The van der Waals surface area contributed by atoms with E-state index in [9.17, 15) is 9.59 Å². The molecular weight excluding hydrogens is 388 g/mol. The third-order valence-corrected chi connectivity index (χ3v) is 5.22. The molecule has 0 atom stereocenters. The lowest BCUT2D eigenvalue weighted by Gasteiger charge is -2.20. The Kier molecular flexibility index (Phi) is 5.36. The first kappa shape index (κ1) is 19.2. The average molecular weight is 409 g/mol. The maximum Gasteiger partial charge on any atom is 0.259 e. The standard InChI is InChI=1S/C22H21ClN4O2/c1-14(28)24-20-13-16(8-9-18(20)23)25-22(29)17-12-15-6-2-3-7-19(15)26-21(17)27-10-4-5-11-27/h2-3,6-9,12-13H,4-5,10-11H2,1H3,(H,24,28)(H,25,29). The van der Waals surface area contributed by atoms with Crippen molar-refractivity contribution in [3.63, 3.8) is 0 Å². The summed E-state index contributed by atoms with van der Waals surface area (Å²) in [7, 11) is 0. The quantitative estimate of drug-likeness (QED) is 0.656. The number of carbonyl (C=O) groups is 2. The second-order valence-electron chi connectivity index (χ2n) is 7.08. The van der Waals surface area contributed by atoms with E-state index in [1.165, 1.54) is 6.92 Å². The molecule has 148 valence electrons.